The van der Waals surface area contributed by atoms with E-state index in [1.165, 1.54) is 0 Å². The SMILES string of the molecule is [2H]c1c(C([2H])([2H])[2H])c([2H])c(C([2H])([2H])[2H])c(CCCN(C)CCCc2c(C([2H])([2H])[2H])c([2H])c(C([2H])([2H])[2H])c([2H])c2C([2H])([2H])[2H])c1C([2H])([2H])[2H]. The summed E-state index contributed by atoms with van der Waals surface area (Å²) in [6, 6.07) is -3.78. The predicted molar refractivity (Wildman–Crippen MR) is 115 cm³/mol. The average molecular weight is 374 g/mol. The number of hydrogen-bond donors (Lipinski definition) is 0. The van der Waals surface area contributed by atoms with Crippen LogP contribution in [0.5, 0.6) is 0 Å². The minimum atomic E-state index is -3.12. The molecule has 0 fully saturated rings. The second-order valence-corrected chi connectivity index (χ2v) is 6.22. The van der Waals surface area contributed by atoms with Crippen molar-refractivity contribution in [2.24, 2.45) is 0 Å². The van der Waals surface area contributed by atoms with Crippen molar-refractivity contribution in [1.29, 1.82) is 0 Å². The minimum Gasteiger partial charge on any atom is -0.306 e. The molecule has 0 spiro atoms. The van der Waals surface area contributed by atoms with Gasteiger partial charge in [0.1, 0.15) is 0 Å². The molecule has 0 radical (unpaired) electrons. The van der Waals surface area contributed by atoms with Gasteiger partial charge in [-0.1, -0.05) is 35.3 Å². The third kappa shape index (κ3) is 5.71. The van der Waals surface area contributed by atoms with Crippen molar-refractivity contribution in [3.8, 4) is 0 Å². The van der Waals surface area contributed by atoms with Crippen LogP contribution >= 0.6 is 0 Å². The summed E-state index contributed by atoms with van der Waals surface area (Å²) in [5.41, 5.74) is -5.64. The molecule has 1 heteroatoms. The zero-order valence-corrected chi connectivity index (χ0v) is 14.7. The van der Waals surface area contributed by atoms with Crippen LogP contribution in [0, 0.1) is 41.1 Å². The standard InChI is InChI=1S/C25H37N/c1-18-14-20(3)24(21(4)15-18)10-8-12-26(7)13-9-11-25-22(5)16-19(2)17-23(25)6/h14-17H,8-13H2,1-7H3/i1D3,2D3,3D3,4D3,5D3,6D3,14D,15D,16D,17D. The predicted octanol–water partition coefficient (Wildman–Crippen LogP) is 6.03. The van der Waals surface area contributed by atoms with E-state index in [1.807, 2.05) is 0 Å². The Kier molecular flexibility index (Phi) is 2.14. The monoisotopic (exact) mass is 373 g/mol. The van der Waals surface area contributed by atoms with Crippen molar-refractivity contribution in [3.05, 3.63) is 68.7 Å². The van der Waals surface area contributed by atoms with E-state index in [9.17, 15) is 0 Å². The lowest BCUT2D eigenvalue weighted by Crippen LogP contribution is -2.22. The summed E-state index contributed by atoms with van der Waals surface area (Å²) < 4.78 is 175. The second kappa shape index (κ2) is 9.37. The lowest BCUT2D eigenvalue weighted by molar-refractivity contribution is 0.325. The highest BCUT2D eigenvalue weighted by molar-refractivity contribution is 5.38. The van der Waals surface area contributed by atoms with Crippen molar-refractivity contribution in [2.75, 3.05) is 20.1 Å². The van der Waals surface area contributed by atoms with Gasteiger partial charge in [0, 0.05) is 24.7 Å². The van der Waals surface area contributed by atoms with Crippen molar-refractivity contribution < 1.29 is 30.2 Å². The van der Waals surface area contributed by atoms with E-state index in [4.69, 9.17) is 30.2 Å². The smallest absolute Gasteiger partial charge is 0.0628 e. The molecule has 0 bridgehead atoms. The van der Waals surface area contributed by atoms with Crippen LogP contribution < -0.4 is 0 Å². The Morgan fingerprint density at radius 2 is 1.08 bits per heavy atom. The van der Waals surface area contributed by atoms with Gasteiger partial charge in [0.25, 0.3) is 0 Å². The molecule has 26 heavy (non-hydrogen) atoms. The molecular weight excluding hydrogens is 314 g/mol. The minimum absolute atomic E-state index is 0.0801. The fourth-order valence-corrected chi connectivity index (χ4v) is 2.78. The van der Waals surface area contributed by atoms with Crippen molar-refractivity contribution >= 4 is 0 Å². The van der Waals surface area contributed by atoms with Gasteiger partial charge in [0.15, 0.2) is 0 Å². The van der Waals surface area contributed by atoms with Crippen LogP contribution in [-0.4, -0.2) is 25.0 Å². The number of rotatable bonds is 8. The van der Waals surface area contributed by atoms with Crippen LogP contribution in [0.3, 0.4) is 0 Å². The van der Waals surface area contributed by atoms with Gasteiger partial charge in [-0.05, 0) is 120 Å². The number of benzene rings is 2. The van der Waals surface area contributed by atoms with Gasteiger partial charge >= 0.3 is 0 Å². The van der Waals surface area contributed by atoms with Crippen LogP contribution in [0.4, 0.5) is 0 Å². The summed E-state index contributed by atoms with van der Waals surface area (Å²) >= 11 is 0. The lowest BCUT2D eigenvalue weighted by atomic mass is 9.96. The fraction of sp³-hybridized carbons (Fsp3) is 0.520. The maximum atomic E-state index is 8.36. The summed E-state index contributed by atoms with van der Waals surface area (Å²) in [5, 5.41) is 0. The van der Waals surface area contributed by atoms with E-state index in [2.05, 4.69) is 0 Å². The maximum absolute atomic E-state index is 8.36. The normalized spacial score (nSPS) is 26.7. The molecule has 0 saturated carbocycles. The highest BCUT2D eigenvalue weighted by Crippen LogP contribution is 2.19. The fourth-order valence-electron chi connectivity index (χ4n) is 2.78. The molecule has 0 unspecified atom stereocenters. The molecule has 0 aromatic heterocycles. The Labute approximate surface area is 192 Å². The molecule has 0 aliphatic heterocycles. The van der Waals surface area contributed by atoms with Gasteiger partial charge in [-0.3, -0.25) is 0 Å². The summed E-state index contributed by atoms with van der Waals surface area (Å²) in [4.78, 5) is 1.67. The van der Waals surface area contributed by atoms with Gasteiger partial charge in [-0.25, -0.2) is 0 Å². The quantitative estimate of drug-likeness (QED) is 0.545. The summed E-state index contributed by atoms with van der Waals surface area (Å²) in [6.45, 7) is -18.2. The highest BCUT2D eigenvalue weighted by atomic mass is 15.1. The molecule has 0 aliphatic rings. The largest absolute Gasteiger partial charge is 0.306 e. The molecule has 1 nitrogen and oxygen atoms in total. The van der Waals surface area contributed by atoms with Crippen LogP contribution in [0.1, 0.15) is 87.5 Å². The third-order valence-electron chi connectivity index (χ3n) is 4.14. The number of nitrogens with zero attached hydrogens (tertiary/aromatic N) is 1. The van der Waals surface area contributed by atoms with Crippen LogP contribution in [-0.2, 0) is 12.8 Å². The van der Waals surface area contributed by atoms with Gasteiger partial charge in [-0.2, -0.15) is 0 Å². The van der Waals surface area contributed by atoms with E-state index in [0.717, 1.165) is 0 Å². The molecule has 0 amide bonds. The molecule has 0 heterocycles. The molecule has 0 atom stereocenters. The molecule has 0 saturated heterocycles. The van der Waals surface area contributed by atoms with Crippen LogP contribution in [0.25, 0.3) is 0 Å². The average Bonchev–Trinajstić information content (AvgIpc) is 2.78. The number of hydrogen-bond acceptors (Lipinski definition) is 1. The first kappa shape index (κ1) is 5.95. The third-order valence-corrected chi connectivity index (χ3v) is 4.14. The first-order valence-corrected chi connectivity index (χ1v) is 8.29. The van der Waals surface area contributed by atoms with Crippen molar-refractivity contribution in [1.82, 2.24) is 4.90 Å². The molecule has 2 rings (SSSR count). The molecule has 142 valence electrons. The molecule has 0 aliphatic carbocycles. The van der Waals surface area contributed by atoms with E-state index in [1.54, 1.807) is 11.9 Å². The van der Waals surface area contributed by atoms with Gasteiger partial charge in [0.2, 0.25) is 0 Å². The molecule has 2 aromatic carbocycles. The van der Waals surface area contributed by atoms with Gasteiger partial charge in [0.05, 0.1) is 5.48 Å². The summed E-state index contributed by atoms with van der Waals surface area (Å²) in [7, 11) is 1.61. The Morgan fingerprint density at radius 3 is 1.38 bits per heavy atom. The zero-order valence-electron chi connectivity index (χ0n) is 36.7. The van der Waals surface area contributed by atoms with Gasteiger partial charge in [-0.15, -0.1) is 0 Å². The highest BCUT2D eigenvalue weighted by Gasteiger charge is 2.07. The molecule has 2 aromatic rings. The first-order valence-electron chi connectivity index (χ1n) is 19.3. The summed E-state index contributed by atoms with van der Waals surface area (Å²) in [6.07, 6.45) is -0.343. The topological polar surface area (TPSA) is 3.24 Å². The Bertz CT molecular complexity index is 1290. The van der Waals surface area contributed by atoms with E-state index < -0.39 is 98.7 Å². The van der Waals surface area contributed by atoms with E-state index in [0.29, 0.717) is 0 Å². The summed E-state index contributed by atoms with van der Waals surface area (Å²) in [5.74, 6) is 0. The zero-order chi connectivity index (χ0) is 37.7. The van der Waals surface area contributed by atoms with Crippen LogP contribution in [0.15, 0.2) is 24.2 Å². The van der Waals surface area contributed by atoms with E-state index in [-0.39, 0.29) is 49.9 Å². The first-order chi connectivity index (χ1) is 21.3. The Morgan fingerprint density at radius 1 is 0.692 bits per heavy atom. The Hall–Kier alpha value is -1.60. The molecule has 0 N–H and O–H groups in total. The van der Waals surface area contributed by atoms with Gasteiger partial charge < -0.3 is 4.90 Å². The van der Waals surface area contributed by atoms with Crippen molar-refractivity contribution in [3.63, 3.8) is 0 Å². The lowest BCUT2D eigenvalue weighted by Gasteiger charge is -2.18. The van der Waals surface area contributed by atoms with Crippen LogP contribution in [0.2, 0.25) is 0 Å². The maximum Gasteiger partial charge on any atom is 0.0628 e. The van der Waals surface area contributed by atoms with E-state index >= 15 is 0 Å². The van der Waals surface area contributed by atoms with Crippen molar-refractivity contribution in [2.45, 2.75) is 66.8 Å². The second-order valence-electron chi connectivity index (χ2n) is 6.22. The molecular formula is C25H37N. The Balaban J connectivity index is 2.45.